The first kappa shape index (κ1) is 9.85. The van der Waals surface area contributed by atoms with E-state index in [1.54, 1.807) is 0 Å². The van der Waals surface area contributed by atoms with Crippen molar-refractivity contribution < 1.29 is 0 Å². The standard InChI is InChI=1S/C13H17N3/c1-10-15-13(11-5-4-7-14-9-11)12-6-2-3-8-16(10)12/h2-3,6,8,11,14H,4-5,7,9H2,1H3. The Hall–Kier alpha value is -1.35. The number of hydrogen-bond donors (Lipinski definition) is 1. The Labute approximate surface area is 95.5 Å². The zero-order valence-electron chi connectivity index (χ0n) is 9.61. The fourth-order valence-corrected chi connectivity index (χ4v) is 2.61. The lowest BCUT2D eigenvalue weighted by Crippen LogP contribution is -2.28. The van der Waals surface area contributed by atoms with Gasteiger partial charge in [-0.25, -0.2) is 4.98 Å². The van der Waals surface area contributed by atoms with Crippen LogP contribution in [0.15, 0.2) is 24.4 Å². The third kappa shape index (κ3) is 1.52. The Morgan fingerprint density at radius 3 is 3.19 bits per heavy atom. The van der Waals surface area contributed by atoms with E-state index in [1.165, 1.54) is 24.1 Å². The van der Waals surface area contributed by atoms with Crippen LogP contribution in [-0.4, -0.2) is 22.5 Å². The Balaban J connectivity index is 2.08. The minimum atomic E-state index is 0.583. The molecule has 1 unspecified atom stereocenters. The second-order valence-electron chi connectivity index (χ2n) is 4.54. The molecular formula is C13H17N3. The lowest BCUT2D eigenvalue weighted by Gasteiger charge is -2.21. The zero-order chi connectivity index (χ0) is 11.0. The maximum atomic E-state index is 4.74. The van der Waals surface area contributed by atoms with Gasteiger partial charge in [0.2, 0.25) is 0 Å². The van der Waals surface area contributed by atoms with E-state index in [0.717, 1.165) is 18.9 Å². The van der Waals surface area contributed by atoms with Crippen LogP contribution >= 0.6 is 0 Å². The molecule has 1 aliphatic heterocycles. The summed E-state index contributed by atoms with van der Waals surface area (Å²) >= 11 is 0. The summed E-state index contributed by atoms with van der Waals surface area (Å²) in [7, 11) is 0. The van der Waals surface area contributed by atoms with Gasteiger partial charge >= 0.3 is 0 Å². The maximum Gasteiger partial charge on any atom is 0.110 e. The summed E-state index contributed by atoms with van der Waals surface area (Å²) in [5, 5.41) is 3.46. The van der Waals surface area contributed by atoms with Gasteiger partial charge in [0, 0.05) is 18.7 Å². The van der Waals surface area contributed by atoms with Crippen LogP contribution in [0.5, 0.6) is 0 Å². The molecule has 1 atom stereocenters. The van der Waals surface area contributed by atoms with E-state index < -0.39 is 0 Å². The van der Waals surface area contributed by atoms with Gasteiger partial charge in [0.05, 0.1) is 11.2 Å². The number of aryl methyl sites for hydroxylation is 1. The number of piperidine rings is 1. The fraction of sp³-hybridized carbons (Fsp3) is 0.462. The number of aromatic nitrogens is 2. The van der Waals surface area contributed by atoms with Crippen LogP contribution in [0.4, 0.5) is 0 Å². The van der Waals surface area contributed by atoms with Crippen LogP contribution in [0, 0.1) is 6.92 Å². The molecule has 3 nitrogen and oxygen atoms in total. The molecule has 0 bridgehead atoms. The first-order chi connectivity index (χ1) is 7.86. The quantitative estimate of drug-likeness (QED) is 0.789. The average molecular weight is 215 g/mol. The first-order valence-electron chi connectivity index (χ1n) is 6.00. The molecule has 3 heteroatoms. The molecule has 3 heterocycles. The van der Waals surface area contributed by atoms with Crippen LogP contribution < -0.4 is 5.32 Å². The molecule has 2 aromatic rings. The van der Waals surface area contributed by atoms with Crippen molar-refractivity contribution in [3.05, 3.63) is 35.9 Å². The first-order valence-corrected chi connectivity index (χ1v) is 6.00. The van der Waals surface area contributed by atoms with Crippen molar-refractivity contribution >= 4 is 5.52 Å². The number of imidazole rings is 1. The number of rotatable bonds is 1. The number of nitrogens with one attached hydrogen (secondary N) is 1. The summed E-state index contributed by atoms with van der Waals surface area (Å²) in [6, 6.07) is 6.32. The maximum absolute atomic E-state index is 4.74. The van der Waals surface area contributed by atoms with Crippen LogP contribution in [-0.2, 0) is 0 Å². The predicted octanol–water partition coefficient (Wildman–Crippen LogP) is 2.11. The molecule has 2 aromatic heterocycles. The van der Waals surface area contributed by atoms with Gasteiger partial charge in [-0.15, -0.1) is 0 Å². The third-order valence-corrected chi connectivity index (χ3v) is 3.44. The van der Waals surface area contributed by atoms with Crippen molar-refractivity contribution in [2.75, 3.05) is 13.1 Å². The van der Waals surface area contributed by atoms with E-state index in [9.17, 15) is 0 Å². The monoisotopic (exact) mass is 215 g/mol. The third-order valence-electron chi connectivity index (χ3n) is 3.44. The van der Waals surface area contributed by atoms with Gasteiger partial charge in [-0.05, 0) is 38.4 Å². The van der Waals surface area contributed by atoms with Gasteiger partial charge in [0.1, 0.15) is 5.82 Å². The number of hydrogen-bond acceptors (Lipinski definition) is 2. The lowest BCUT2D eigenvalue weighted by molar-refractivity contribution is 0.457. The van der Waals surface area contributed by atoms with Crippen molar-refractivity contribution in [2.45, 2.75) is 25.7 Å². The minimum absolute atomic E-state index is 0.583. The summed E-state index contributed by atoms with van der Waals surface area (Å²) < 4.78 is 2.18. The highest BCUT2D eigenvalue weighted by atomic mass is 15.0. The number of nitrogens with zero attached hydrogens (tertiary/aromatic N) is 2. The second kappa shape index (κ2) is 3.91. The van der Waals surface area contributed by atoms with E-state index in [-0.39, 0.29) is 0 Å². The highest BCUT2D eigenvalue weighted by molar-refractivity contribution is 5.54. The molecular weight excluding hydrogens is 198 g/mol. The summed E-state index contributed by atoms with van der Waals surface area (Å²) in [6.07, 6.45) is 4.61. The summed E-state index contributed by atoms with van der Waals surface area (Å²) in [5.74, 6) is 1.68. The molecule has 0 spiro atoms. The second-order valence-corrected chi connectivity index (χ2v) is 4.54. The molecule has 0 amide bonds. The van der Waals surface area contributed by atoms with Gasteiger partial charge in [0.25, 0.3) is 0 Å². The van der Waals surface area contributed by atoms with Crippen molar-refractivity contribution in [1.82, 2.24) is 14.7 Å². The predicted molar refractivity (Wildman–Crippen MR) is 64.8 cm³/mol. The molecule has 84 valence electrons. The van der Waals surface area contributed by atoms with Gasteiger partial charge in [0.15, 0.2) is 0 Å². The van der Waals surface area contributed by atoms with Gasteiger partial charge in [-0.2, -0.15) is 0 Å². The highest BCUT2D eigenvalue weighted by Crippen LogP contribution is 2.26. The normalized spacial score (nSPS) is 21.4. The smallest absolute Gasteiger partial charge is 0.110 e. The molecule has 1 aliphatic rings. The molecule has 0 aliphatic carbocycles. The van der Waals surface area contributed by atoms with E-state index in [2.05, 4.69) is 41.0 Å². The highest BCUT2D eigenvalue weighted by Gasteiger charge is 2.20. The van der Waals surface area contributed by atoms with Crippen molar-refractivity contribution in [3.8, 4) is 0 Å². The summed E-state index contributed by atoms with van der Waals surface area (Å²) in [4.78, 5) is 4.74. The van der Waals surface area contributed by atoms with E-state index in [1.807, 2.05) is 0 Å². The minimum Gasteiger partial charge on any atom is -0.316 e. The average Bonchev–Trinajstić information content (AvgIpc) is 2.69. The number of fused-ring (bicyclic) bond motifs is 1. The van der Waals surface area contributed by atoms with E-state index in [4.69, 9.17) is 4.98 Å². The molecule has 1 fully saturated rings. The van der Waals surface area contributed by atoms with E-state index in [0.29, 0.717) is 5.92 Å². The lowest BCUT2D eigenvalue weighted by atomic mass is 9.95. The van der Waals surface area contributed by atoms with Crippen LogP contribution in [0.1, 0.15) is 30.3 Å². The largest absolute Gasteiger partial charge is 0.316 e. The molecule has 16 heavy (non-hydrogen) atoms. The van der Waals surface area contributed by atoms with Crippen molar-refractivity contribution in [2.24, 2.45) is 0 Å². The summed E-state index contributed by atoms with van der Waals surface area (Å²) in [5.41, 5.74) is 2.54. The fourth-order valence-electron chi connectivity index (χ4n) is 2.61. The van der Waals surface area contributed by atoms with Crippen molar-refractivity contribution in [3.63, 3.8) is 0 Å². The Morgan fingerprint density at radius 1 is 1.44 bits per heavy atom. The van der Waals surface area contributed by atoms with Gasteiger partial charge in [-0.3, -0.25) is 0 Å². The molecule has 0 radical (unpaired) electrons. The zero-order valence-corrected chi connectivity index (χ0v) is 9.61. The van der Waals surface area contributed by atoms with Gasteiger partial charge in [-0.1, -0.05) is 6.07 Å². The van der Waals surface area contributed by atoms with Crippen LogP contribution in [0.3, 0.4) is 0 Å². The molecule has 3 rings (SSSR count). The molecule has 0 saturated carbocycles. The van der Waals surface area contributed by atoms with Gasteiger partial charge < -0.3 is 9.72 Å². The Bertz CT molecular complexity index is 495. The SMILES string of the molecule is Cc1nc(C2CCCNC2)c2ccccn12. The molecule has 1 N–H and O–H groups in total. The Morgan fingerprint density at radius 2 is 2.38 bits per heavy atom. The molecule has 1 saturated heterocycles. The van der Waals surface area contributed by atoms with Crippen LogP contribution in [0.2, 0.25) is 0 Å². The Kier molecular flexibility index (Phi) is 2.40. The topological polar surface area (TPSA) is 29.3 Å². The summed E-state index contributed by atoms with van der Waals surface area (Å²) in [6.45, 7) is 4.30. The number of pyridine rings is 1. The molecule has 0 aromatic carbocycles. The van der Waals surface area contributed by atoms with E-state index >= 15 is 0 Å². The van der Waals surface area contributed by atoms with Crippen molar-refractivity contribution in [1.29, 1.82) is 0 Å². The van der Waals surface area contributed by atoms with Crippen LogP contribution in [0.25, 0.3) is 5.52 Å².